The highest BCUT2D eigenvalue weighted by molar-refractivity contribution is 9.10. The second-order valence-electron chi connectivity index (χ2n) is 4.89. The highest BCUT2D eigenvalue weighted by Crippen LogP contribution is 2.28. The van der Waals surface area contributed by atoms with Crippen LogP contribution in [0.1, 0.15) is 18.4 Å². The largest absolute Gasteiger partial charge is 0.360 e. The Hall–Kier alpha value is -0.800. The number of rotatable bonds is 2. The fourth-order valence-electron chi connectivity index (χ4n) is 2.76. The van der Waals surface area contributed by atoms with E-state index in [1.807, 2.05) is 6.20 Å². The van der Waals surface area contributed by atoms with E-state index in [1.54, 1.807) is 0 Å². The predicted octanol–water partition coefficient (Wildman–Crippen LogP) is 3.47. The molecule has 1 aromatic carbocycles. The number of H-pyrrole nitrogens is 1. The molecule has 0 amide bonds. The molecule has 0 bridgehead atoms. The van der Waals surface area contributed by atoms with Gasteiger partial charge in [-0.1, -0.05) is 18.2 Å². The SMILES string of the molecule is Brc1c[nH]c2c(CC3CCCNC3)cccc12. The summed E-state index contributed by atoms with van der Waals surface area (Å²) in [6.07, 6.45) is 5.88. The van der Waals surface area contributed by atoms with Gasteiger partial charge < -0.3 is 10.3 Å². The Morgan fingerprint density at radius 1 is 1.35 bits per heavy atom. The molecule has 1 saturated heterocycles. The first-order chi connectivity index (χ1) is 8.34. The van der Waals surface area contributed by atoms with Crippen molar-refractivity contribution in [2.75, 3.05) is 13.1 Å². The lowest BCUT2D eigenvalue weighted by molar-refractivity contribution is 0.376. The predicted molar refractivity (Wildman–Crippen MR) is 75.3 cm³/mol. The molecule has 3 heteroatoms. The minimum absolute atomic E-state index is 0.788. The molecule has 17 heavy (non-hydrogen) atoms. The van der Waals surface area contributed by atoms with E-state index in [9.17, 15) is 0 Å². The van der Waals surface area contributed by atoms with Gasteiger partial charge in [-0.05, 0) is 59.8 Å². The molecule has 1 aliphatic heterocycles. The van der Waals surface area contributed by atoms with Crippen molar-refractivity contribution in [3.05, 3.63) is 34.4 Å². The Bertz CT molecular complexity index is 512. The number of fused-ring (bicyclic) bond motifs is 1. The Morgan fingerprint density at radius 3 is 3.12 bits per heavy atom. The lowest BCUT2D eigenvalue weighted by atomic mass is 9.91. The van der Waals surface area contributed by atoms with Crippen molar-refractivity contribution in [2.24, 2.45) is 5.92 Å². The lowest BCUT2D eigenvalue weighted by Gasteiger charge is -2.22. The molecule has 0 spiro atoms. The first kappa shape index (κ1) is 11.3. The molecule has 0 aliphatic carbocycles. The Balaban J connectivity index is 1.89. The minimum atomic E-state index is 0.788. The van der Waals surface area contributed by atoms with Crippen molar-refractivity contribution in [3.63, 3.8) is 0 Å². The molecule has 1 fully saturated rings. The van der Waals surface area contributed by atoms with Gasteiger partial charge in [0.15, 0.2) is 0 Å². The molecule has 90 valence electrons. The van der Waals surface area contributed by atoms with E-state index in [0.29, 0.717) is 0 Å². The fraction of sp³-hybridized carbons (Fsp3) is 0.429. The van der Waals surface area contributed by atoms with Crippen LogP contribution in [0.4, 0.5) is 0 Å². The third-order valence-electron chi connectivity index (χ3n) is 3.66. The second kappa shape index (κ2) is 4.83. The van der Waals surface area contributed by atoms with E-state index in [4.69, 9.17) is 0 Å². The third kappa shape index (κ3) is 2.26. The van der Waals surface area contributed by atoms with Gasteiger partial charge in [-0.25, -0.2) is 0 Å². The molecule has 2 N–H and O–H groups in total. The number of piperidine rings is 1. The summed E-state index contributed by atoms with van der Waals surface area (Å²) in [5, 5.41) is 4.79. The number of aromatic nitrogens is 1. The first-order valence-electron chi connectivity index (χ1n) is 6.30. The van der Waals surface area contributed by atoms with Crippen LogP contribution in [0.25, 0.3) is 10.9 Å². The van der Waals surface area contributed by atoms with Gasteiger partial charge in [0.25, 0.3) is 0 Å². The summed E-state index contributed by atoms with van der Waals surface area (Å²) >= 11 is 3.58. The maximum Gasteiger partial charge on any atom is 0.0498 e. The summed E-state index contributed by atoms with van der Waals surface area (Å²) in [6, 6.07) is 6.57. The average molecular weight is 293 g/mol. The van der Waals surface area contributed by atoms with Crippen molar-refractivity contribution in [1.29, 1.82) is 0 Å². The summed E-state index contributed by atoms with van der Waals surface area (Å²) < 4.78 is 1.16. The average Bonchev–Trinajstić information content (AvgIpc) is 2.74. The molecular formula is C14H17BrN2. The zero-order chi connectivity index (χ0) is 11.7. The lowest BCUT2D eigenvalue weighted by Crippen LogP contribution is -2.30. The van der Waals surface area contributed by atoms with Crippen LogP contribution in [0.5, 0.6) is 0 Å². The Kier molecular flexibility index (Phi) is 3.21. The molecule has 2 heterocycles. The number of hydrogen-bond acceptors (Lipinski definition) is 1. The Labute approximate surface area is 110 Å². The molecule has 1 atom stereocenters. The van der Waals surface area contributed by atoms with E-state index < -0.39 is 0 Å². The van der Waals surface area contributed by atoms with Gasteiger partial charge >= 0.3 is 0 Å². The van der Waals surface area contributed by atoms with Crippen LogP contribution in [0, 0.1) is 5.92 Å². The zero-order valence-electron chi connectivity index (χ0n) is 9.80. The van der Waals surface area contributed by atoms with Crippen molar-refractivity contribution < 1.29 is 0 Å². The minimum Gasteiger partial charge on any atom is -0.360 e. The summed E-state index contributed by atoms with van der Waals surface area (Å²) in [6.45, 7) is 2.35. The van der Waals surface area contributed by atoms with Crippen LogP contribution in [-0.2, 0) is 6.42 Å². The standard InChI is InChI=1S/C14H17BrN2/c15-13-9-17-14-11(4-1-5-12(13)14)7-10-3-2-6-16-8-10/h1,4-5,9-10,16-17H,2-3,6-8H2. The van der Waals surface area contributed by atoms with Gasteiger partial charge in [-0.15, -0.1) is 0 Å². The van der Waals surface area contributed by atoms with Gasteiger partial charge in [-0.2, -0.15) is 0 Å². The number of para-hydroxylation sites is 1. The quantitative estimate of drug-likeness (QED) is 0.872. The summed E-state index contributed by atoms with van der Waals surface area (Å²) in [4.78, 5) is 3.38. The molecule has 1 aromatic heterocycles. The summed E-state index contributed by atoms with van der Waals surface area (Å²) in [5.41, 5.74) is 2.74. The molecule has 0 radical (unpaired) electrons. The number of hydrogen-bond donors (Lipinski definition) is 2. The monoisotopic (exact) mass is 292 g/mol. The van der Waals surface area contributed by atoms with Crippen molar-refractivity contribution in [1.82, 2.24) is 10.3 Å². The number of halogens is 1. The highest BCUT2D eigenvalue weighted by Gasteiger charge is 2.15. The normalized spacial score (nSPS) is 20.9. The number of nitrogens with one attached hydrogen (secondary N) is 2. The van der Waals surface area contributed by atoms with E-state index in [2.05, 4.69) is 44.4 Å². The van der Waals surface area contributed by atoms with Gasteiger partial charge in [0.2, 0.25) is 0 Å². The van der Waals surface area contributed by atoms with E-state index in [-0.39, 0.29) is 0 Å². The molecule has 1 unspecified atom stereocenters. The van der Waals surface area contributed by atoms with Crippen molar-refractivity contribution >= 4 is 26.8 Å². The smallest absolute Gasteiger partial charge is 0.0498 e. The van der Waals surface area contributed by atoms with E-state index >= 15 is 0 Å². The van der Waals surface area contributed by atoms with Crippen LogP contribution in [0.15, 0.2) is 28.9 Å². The molecule has 0 saturated carbocycles. The van der Waals surface area contributed by atoms with Crippen molar-refractivity contribution in [2.45, 2.75) is 19.3 Å². The van der Waals surface area contributed by atoms with Gasteiger partial charge in [0.1, 0.15) is 0 Å². The van der Waals surface area contributed by atoms with E-state index in [1.165, 1.54) is 42.3 Å². The topological polar surface area (TPSA) is 27.8 Å². The highest BCUT2D eigenvalue weighted by atomic mass is 79.9. The number of benzene rings is 1. The second-order valence-corrected chi connectivity index (χ2v) is 5.75. The third-order valence-corrected chi connectivity index (χ3v) is 4.31. The van der Waals surface area contributed by atoms with E-state index in [0.717, 1.165) is 16.9 Å². The first-order valence-corrected chi connectivity index (χ1v) is 7.09. The summed E-state index contributed by atoms with van der Waals surface area (Å²) in [5.74, 6) is 0.788. The van der Waals surface area contributed by atoms with Gasteiger partial charge in [-0.3, -0.25) is 0 Å². The molecule has 2 aromatic rings. The molecule has 2 nitrogen and oxygen atoms in total. The number of aromatic amines is 1. The Morgan fingerprint density at radius 2 is 2.29 bits per heavy atom. The van der Waals surface area contributed by atoms with Crippen LogP contribution >= 0.6 is 15.9 Å². The van der Waals surface area contributed by atoms with Gasteiger partial charge in [0.05, 0.1) is 0 Å². The molecule has 3 rings (SSSR count). The molecule has 1 aliphatic rings. The van der Waals surface area contributed by atoms with Crippen LogP contribution < -0.4 is 5.32 Å². The maximum absolute atomic E-state index is 3.58. The molecular weight excluding hydrogens is 276 g/mol. The maximum atomic E-state index is 3.58. The zero-order valence-corrected chi connectivity index (χ0v) is 11.4. The van der Waals surface area contributed by atoms with Crippen LogP contribution in [0.2, 0.25) is 0 Å². The van der Waals surface area contributed by atoms with Gasteiger partial charge in [0, 0.05) is 21.6 Å². The van der Waals surface area contributed by atoms with Crippen LogP contribution in [-0.4, -0.2) is 18.1 Å². The van der Waals surface area contributed by atoms with Crippen molar-refractivity contribution in [3.8, 4) is 0 Å². The summed E-state index contributed by atoms with van der Waals surface area (Å²) in [7, 11) is 0. The fourth-order valence-corrected chi connectivity index (χ4v) is 3.21. The van der Waals surface area contributed by atoms with Crippen LogP contribution in [0.3, 0.4) is 0 Å².